The van der Waals surface area contributed by atoms with Gasteiger partial charge in [0.2, 0.25) is 5.78 Å². The van der Waals surface area contributed by atoms with E-state index in [-0.39, 0.29) is 5.78 Å². The number of halogens is 1. The molecule has 2 unspecified atom stereocenters. The fourth-order valence-electron chi connectivity index (χ4n) is 3.30. The zero-order valence-electron chi connectivity index (χ0n) is 13.8. The zero-order valence-corrected chi connectivity index (χ0v) is 15.4. The van der Waals surface area contributed by atoms with Crippen molar-refractivity contribution in [1.82, 2.24) is 4.90 Å². The monoisotopic (exact) mass is 399 g/mol. The second kappa shape index (κ2) is 7.31. The smallest absolute Gasteiger partial charge is 0.291 e. The summed E-state index contributed by atoms with van der Waals surface area (Å²) in [5.74, 6) is -2.37. The van der Waals surface area contributed by atoms with Crippen LogP contribution >= 0.6 is 15.9 Å². The van der Waals surface area contributed by atoms with Crippen LogP contribution in [0.1, 0.15) is 24.1 Å². The molecule has 1 fully saturated rings. The molecule has 0 radical (unpaired) electrons. The third-order valence-corrected chi connectivity index (χ3v) is 5.07. The van der Waals surface area contributed by atoms with E-state index < -0.39 is 23.7 Å². The Hall–Kier alpha value is -2.27. The summed E-state index contributed by atoms with van der Waals surface area (Å²) in [6.45, 7) is 1.78. The fraction of sp³-hybridized carbons (Fsp3) is 0.250. The van der Waals surface area contributed by atoms with Crippen molar-refractivity contribution in [2.24, 2.45) is 5.92 Å². The minimum atomic E-state index is -0.926. The highest BCUT2D eigenvalue weighted by Crippen LogP contribution is 2.37. The van der Waals surface area contributed by atoms with Gasteiger partial charge in [-0.2, -0.15) is 0 Å². The topological polar surface area (TPSA) is 54.5 Å². The zero-order chi connectivity index (χ0) is 18.0. The Morgan fingerprint density at radius 2 is 1.68 bits per heavy atom. The second-order valence-corrected chi connectivity index (χ2v) is 7.10. The molecule has 1 heterocycles. The molecule has 1 amide bonds. The molecule has 3 rings (SSSR count). The summed E-state index contributed by atoms with van der Waals surface area (Å²) in [5.41, 5.74) is 1.89. The van der Waals surface area contributed by atoms with Crippen molar-refractivity contribution < 1.29 is 14.4 Å². The van der Waals surface area contributed by atoms with E-state index in [1.807, 2.05) is 54.6 Å². The van der Waals surface area contributed by atoms with Crippen LogP contribution in [0.25, 0.3) is 0 Å². The van der Waals surface area contributed by atoms with E-state index in [2.05, 4.69) is 15.9 Å². The number of amides is 1. The summed E-state index contributed by atoms with van der Waals surface area (Å²) in [6, 6.07) is 16.7. The molecule has 0 bridgehead atoms. The van der Waals surface area contributed by atoms with Crippen LogP contribution in [0.5, 0.6) is 0 Å². The van der Waals surface area contributed by atoms with E-state index in [0.29, 0.717) is 13.0 Å². The van der Waals surface area contributed by atoms with Crippen molar-refractivity contribution in [1.29, 1.82) is 0 Å². The van der Waals surface area contributed by atoms with Gasteiger partial charge >= 0.3 is 0 Å². The first-order chi connectivity index (χ1) is 12.0. The molecule has 2 aromatic carbocycles. The van der Waals surface area contributed by atoms with Gasteiger partial charge in [0.25, 0.3) is 5.91 Å². The average Bonchev–Trinajstić information content (AvgIpc) is 2.86. The molecular formula is C20H18BrNO3. The van der Waals surface area contributed by atoms with Gasteiger partial charge in [-0.15, -0.1) is 0 Å². The number of hydrogen-bond donors (Lipinski definition) is 0. The molecule has 0 spiro atoms. The van der Waals surface area contributed by atoms with Crippen LogP contribution in [0.15, 0.2) is 59.1 Å². The lowest BCUT2D eigenvalue weighted by Crippen LogP contribution is -2.32. The van der Waals surface area contributed by atoms with E-state index in [1.165, 1.54) is 6.92 Å². The average molecular weight is 400 g/mol. The fourth-order valence-corrected chi connectivity index (χ4v) is 3.56. The molecule has 0 saturated carbocycles. The van der Waals surface area contributed by atoms with E-state index in [9.17, 15) is 14.4 Å². The normalized spacial score (nSPS) is 20.2. The molecule has 128 valence electrons. The maximum atomic E-state index is 12.5. The summed E-state index contributed by atoms with van der Waals surface area (Å²) >= 11 is 3.38. The van der Waals surface area contributed by atoms with Gasteiger partial charge in [0.15, 0.2) is 0 Å². The largest absolute Gasteiger partial charge is 0.328 e. The third kappa shape index (κ3) is 3.56. The van der Waals surface area contributed by atoms with Crippen molar-refractivity contribution in [2.45, 2.75) is 19.4 Å². The number of nitrogens with zero attached hydrogens (tertiary/aromatic N) is 1. The van der Waals surface area contributed by atoms with Crippen LogP contribution < -0.4 is 0 Å². The van der Waals surface area contributed by atoms with Crippen LogP contribution in [0.3, 0.4) is 0 Å². The highest BCUT2D eigenvalue weighted by Gasteiger charge is 2.49. The van der Waals surface area contributed by atoms with Crippen LogP contribution in [0, 0.1) is 5.92 Å². The maximum absolute atomic E-state index is 12.5. The Kier molecular flexibility index (Phi) is 5.13. The molecule has 1 saturated heterocycles. The molecule has 4 nitrogen and oxygen atoms in total. The van der Waals surface area contributed by atoms with E-state index in [0.717, 1.165) is 15.6 Å². The molecule has 0 aliphatic carbocycles. The number of benzene rings is 2. The first kappa shape index (κ1) is 17.5. The number of hydrogen-bond acceptors (Lipinski definition) is 3. The Balaban J connectivity index is 1.92. The van der Waals surface area contributed by atoms with Gasteiger partial charge in [-0.1, -0.05) is 58.4 Å². The molecule has 25 heavy (non-hydrogen) atoms. The molecule has 2 aromatic rings. The molecular weight excluding hydrogens is 382 g/mol. The quantitative estimate of drug-likeness (QED) is 0.572. The lowest BCUT2D eigenvalue weighted by molar-refractivity contribution is -0.142. The maximum Gasteiger partial charge on any atom is 0.291 e. The minimum absolute atomic E-state index is 0.270. The highest BCUT2D eigenvalue weighted by atomic mass is 79.9. The van der Waals surface area contributed by atoms with E-state index in [4.69, 9.17) is 0 Å². The molecule has 2 atom stereocenters. The predicted molar refractivity (Wildman–Crippen MR) is 97.9 cm³/mol. The van der Waals surface area contributed by atoms with Gasteiger partial charge in [-0.05, 0) is 36.6 Å². The van der Waals surface area contributed by atoms with Crippen molar-refractivity contribution in [2.75, 3.05) is 6.54 Å². The Bertz CT molecular complexity index is 801. The van der Waals surface area contributed by atoms with Gasteiger partial charge in [0, 0.05) is 11.0 Å². The molecule has 0 aromatic heterocycles. The van der Waals surface area contributed by atoms with Gasteiger partial charge in [-0.3, -0.25) is 14.4 Å². The summed E-state index contributed by atoms with van der Waals surface area (Å²) < 4.78 is 0.905. The van der Waals surface area contributed by atoms with E-state index >= 15 is 0 Å². The predicted octanol–water partition coefficient (Wildman–Crippen LogP) is 3.35. The Labute approximate surface area is 155 Å². The number of likely N-dealkylation sites (tertiary alicyclic amines) is 1. The SMILES string of the molecule is CC(=O)C1C(=O)C(=O)N(CCc2ccccc2)C1c1ccc(Br)cc1. The van der Waals surface area contributed by atoms with Gasteiger partial charge in [0.1, 0.15) is 11.7 Å². The minimum Gasteiger partial charge on any atom is -0.328 e. The molecule has 1 aliphatic heterocycles. The van der Waals surface area contributed by atoms with Crippen molar-refractivity contribution in [3.05, 3.63) is 70.2 Å². The van der Waals surface area contributed by atoms with Crippen molar-refractivity contribution in [3.63, 3.8) is 0 Å². The Morgan fingerprint density at radius 3 is 2.28 bits per heavy atom. The highest BCUT2D eigenvalue weighted by molar-refractivity contribution is 9.10. The van der Waals surface area contributed by atoms with Gasteiger partial charge in [0.05, 0.1) is 6.04 Å². The number of carbonyl (C=O) groups excluding carboxylic acids is 3. The second-order valence-electron chi connectivity index (χ2n) is 6.18. The third-order valence-electron chi connectivity index (χ3n) is 4.54. The van der Waals surface area contributed by atoms with Crippen LogP contribution in [-0.2, 0) is 20.8 Å². The lowest BCUT2D eigenvalue weighted by atomic mass is 9.90. The van der Waals surface area contributed by atoms with Gasteiger partial charge in [-0.25, -0.2) is 0 Å². The molecule has 5 heteroatoms. The first-order valence-corrected chi connectivity index (χ1v) is 8.93. The van der Waals surface area contributed by atoms with Gasteiger partial charge < -0.3 is 4.90 Å². The van der Waals surface area contributed by atoms with Crippen LogP contribution in [0.4, 0.5) is 0 Å². The Morgan fingerprint density at radius 1 is 1.04 bits per heavy atom. The lowest BCUT2D eigenvalue weighted by Gasteiger charge is -2.27. The van der Waals surface area contributed by atoms with E-state index in [1.54, 1.807) is 4.90 Å². The van der Waals surface area contributed by atoms with Crippen LogP contribution in [-0.4, -0.2) is 28.9 Å². The standard InChI is InChI=1S/C20H18BrNO3/c1-13(23)17-18(15-7-9-16(21)10-8-15)22(20(25)19(17)24)12-11-14-5-3-2-4-6-14/h2-10,17-18H,11-12H2,1H3. The summed E-state index contributed by atoms with van der Waals surface area (Å²) in [7, 11) is 0. The van der Waals surface area contributed by atoms with Crippen LogP contribution in [0.2, 0.25) is 0 Å². The molecule has 0 N–H and O–H groups in total. The first-order valence-electron chi connectivity index (χ1n) is 8.13. The molecule has 1 aliphatic rings. The van der Waals surface area contributed by atoms with Crippen molar-refractivity contribution in [3.8, 4) is 0 Å². The number of rotatable bonds is 5. The summed E-state index contributed by atoms with van der Waals surface area (Å²) in [4.78, 5) is 38.5. The van der Waals surface area contributed by atoms with Crippen molar-refractivity contribution >= 4 is 33.4 Å². The number of ketones is 2. The summed E-state index contributed by atoms with van der Waals surface area (Å²) in [6.07, 6.45) is 0.636. The summed E-state index contributed by atoms with van der Waals surface area (Å²) in [5, 5.41) is 0. The number of carbonyl (C=O) groups is 3. The number of Topliss-reactive ketones (excluding diaryl/α,β-unsaturated/α-hetero) is 2.